The number of carbonyl (C=O) groups excluding carboxylic acids is 2. The Morgan fingerprint density at radius 2 is 1.84 bits per heavy atom. The number of hydrogen-bond acceptors (Lipinski definition) is 9. The number of phenolic OH excluding ortho intramolecular Hbond substituents is 1. The maximum absolute atomic E-state index is 14.7. The molecule has 2 aliphatic rings. The second-order valence-electron chi connectivity index (χ2n) is 17.7. The van der Waals surface area contributed by atoms with Gasteiger partial charge < -0.3 is 40.9 Å². The first-order chi connectivity index (χ1) is 27.8. The summed E-state index contributed by atoms with van der Waals surface area (Å²) in [6, 6.07) is 8.98. The number of nitrogens with one attached hydrogen (secondary N) is 2. The van der Waals surface area contributed by atoms with Gasteiger partial charge in [0.1, 0.15) is 17.8 Å². The number of nitrogen functional groups attached to an aromatic ring is 1. The van der Waals surface area contributed by atoms with Crippen LogP contribution in [0, 0.1) is 37.0 Å². The molecule has 13 heteroatoms. The van der Waals surface area contributed by atoms with E-state index >= 15 is 0 Å². The van der Waals surface area contributed by atoms with E-state index in [1.165, 1.54) is 32.1 Å². The number of aromatic nitrogens is 5. The Morgan fingerprint density at radius 3 is 2.59 bits per heavy atom. The van der Waals surface area contributed by atoms with E-state index in [-0.39, 0.29) is 17.6 Å². The molecule has 7 N–H and O–H groups in total. The van der Waals surface area contributed by atoms with E-state index in [0.717, 1.165) is 51.9 Å². The highest BCUT2D eigenvalue weighted by atomic mass is 16.5. The Morgan fingerprint density at radius 1 is 1.07 bits per heavy atom. The van der Waals surface area contributed by atoms with E-state index in [1.807, 2.05) is 33.0 Å². The third-order valence-corrected chi connectivity index (χ3v) is 13.0. The fourth-order valence-electron chi connectivity index (χ4n) is 10.4. The fraction of sp³-hybridized carbons (Fsp3) is 0.533. The van der Waals surface area contributed by atoms with Gasteiger partial charge >= 0.3 is 0 Å². The number of imidazole rings is 1. The van der Waals surface area contributed by atoms with Crippen molar-refractivity contribution >= 4 is 28.7 Å². The second-order valence-corrected chi connectivity index (χ2v) is 17.7. The molecule has 3 aromatic heterocycles. The summed E-state index contributed by atoms with van der Waals surface area (Å²) in [4.78, 5) is 37.5. The van der Waals surface area contributed by atoms with Crippen molar-refractivity contribution in [3.05, 3.63) is 89.0 Å². The summed E-state index contributed by atoms with van der Waals surface area (Å²) in [7, 11) is 2.01. The lowest BCUT2D eigenvalue weighted by atomic mass is 9.55. The summed E-state index contributed by atoms with van der Waals surface area (Å²) in [5, 5.41) is 22.2. The van der Waals surface area contributed by atoms with Gasteiger partial charge in [0.2, 0.25) is 17.7 Å². The molecule has 5 aromatic rings. The molecule has 4 unspecified atom stereocenters. The summed E-state index contributed by atoms with van der Waals surface area (Å²) < 4.78 is 9.98. The van der Waals surface area contributed by atoms with E-state index in [4.69, 9.17) is 21.0 Å². The molecule has 2 amide bonds. The Bertz CT molecular complexity index is 2200. The molecule has 13 nitrogen and oxygen atoms in total. The highest BCUT2D eigenvalue weighted by Crippen LogP contribution is 2.54. The fourth-order valence-corrected chi connectivity index (χ4v) is 10.4. The van der Waals surface area contributed by atoms with Crippen LogP contribution in [-0.2, 0) is 42.4 Å². The van der Waals surface area contributed by atoms with Crippen LogP contribution in [0.1, 0.15) is 105 Å². The van der Waals surface area contributed by atoms with Gasteiger partial charge in [-0.1, -0.05) is 43.6 Å². The SMILES string of the molecule is CCC1CC2CC(C)CC(Cc3noc([C@H](Cc4cn(C)c5ccccc45)NC(=O)[C@H](Cc4c(C)cc(O)cc4C)NC(=O)[C@H](N)CCCn4ccnc4N)n3)(C1)C2. The van der Waals surface area contributed by atoms with Crippen LogP contribution in [0.15, 0.2) is 59.5 Å². The van der Waals surface area contributed by atoms with Crippen molar-refractivity contribution < 1.29 is 19.2 Å². The van der Waals surface area contributed by atoms with Crippen molar-refractivity contribution in [2.24, 2.45) is 36.0 Å². The average Bonchev–Trinajstić information content (AvgIpc) is 3.89. The van der Waals surface area contributed by atoms with Gasteiger partial charge in [0.15, 0.2) is 11.8 Å². The van der Waals surface area contributed by atoms with Gasteiger partial charge in [0, 0.05) is 62.3 Å². The number of aryl methyl sites for hydroxylation is 4. The molecule has 0 spiro atoms. The van der Waals surface area contributed by atoms with Crippen molar-refractivity contribution in [2.45, 2.75) is 123 Å². The molecule has 0 aliphatic heterocycles. The minimum atomic E-state index is -0.991. The Hall–Kier alpha value is -5.17. The largest absolute Gasteiger partial charge is 0.508 e. The smallest absolute Gasteiger partial charge is 0.249 e. The zero-order chi connectivity index (χ0) is 41.1. The summed E-state index contributed by atoms with van der Waals surface area (Å²) in [5.41, 5.74) is 17.1. The third kappa shape index (κ3) is 9.25. The molecule has 7 rings (SSSR count). The first-order valence-corrected chi connectivity index (χ1v) is 21.1. The molecule has 3 heterocycles. The van der Waals surface area contributed by atoms with Crippen LogP contribution in [0.5, 0.6) is 5.75 Å². The second kappa shape index (κ2) is 17.4. The van der Waals surface area contributed by atoms with Crippen molar-refractivity contribution in [3.8, 4) is 5.75 Å². The van der Waals surface area contributed by atoms with E-state index in [9.17, 15) is 14.7 Å². The number of hydrogen-bond donors (Lipinski definition) is 5. The monoisotopic (exact) mass is 791 g/mol. The van der Waals surface area contributed by atoms with Crippen LogP contribution >= 0.6 is 0 Å². The number of rotatable bonds is 16. The number of fused-ring (bicyclic) bond motifs is 3. The minimum Gasteiger partial charge on any atom is -0.508 e. The van der Waals surface area contributed by atoms with Gasteiger partial charge in [-0.25, -0.2) is 4.98 Å². The van der Waals surface area contributed by atoms with Crippen molar-refractivity contribution in [2.75, 3.05) is 5.73 Å². The van der Waals surface area contributed by atoms with E-state index in [1.54, 1.807) is 29.1 Å². The van der Waals surface area contributed by atoms with Gasteiger partial charge in [-0.15, -0.1) is 0 Å². The van der Waals surface area contributed by atoms with Gasteiger partial charge in [-0.2, -0.15) is 4.98 Å². The molecule has 2 aliphatic carbocycles. The third-order valence-electron chi connectivity index (χ3n) is 13.0. The number of aromatic hydroxyl groups is 1. The van der Waals surface area contributed by atoms with Crippen LogP contribution in [-0.4, -0.2) is 53.3 Å². The molecule has 2 aromatic carbocycles. The lowest BCUT2D eigenvalue weighted by Crippen LogP contribution is -2.53. The number of nitrogens with two attached hydrogens (primary N) is 2. The van der Waals surface area contributed by atoms with E-state index in [2.05, 4.69) is 57.5 Å². The standard InChI is InChI=1S/C45H61N9O4/c1-6-30-19-31-16-27(2)22-45(23-30,24-31)25-40-51-43(58-52-40)38(20-32-26-53(5)39-12-8-7-10-34(32)39)50-42(57)37(21-35-28(3)17-33(55)18-29(35)4)49-41(56)36(46)11-9-14-54-15-13-48-44(54)47/h7-8,10,12-13,15,17-18,26-27,30-31,36-38,55H,6,9,11,14,16,19-25,46H2,1-5H3,(H2,47,48)(H,49,56)(H,50,57)/t27?,30?,31?,36-,37+,38+,45?/m1/s1. The molecule has 0 saturated heterocycles. The normalized spacial score (nSPS) is 22.1. The van der Waals surface area contributed by atoms with Gasteiger partial charge in [0.25, 0.3) is 0 Å². The van der Waals surface area contributed by atoms with Crippen LogP contribution < -0.4 is 22.1 Å². The van der Waals surface area contributed by atoms with Crippen molar-refractivity contribution in [1.82, 2.24) is 34.9 Å². The number of carbonyl (C=O) groups is 2. The number of benzene rings is 2. The molecule has 310 valence electrons. The van der Waals surface area contributed by atoms with E-state index < -0.39 is 29.9 Å². The van der Waals surface area contributed by atoms with Crippen LogP contribution in [0.4, 0.5) is 5.95 Å². The molecule has 2 saturated carbocycles. The first kappa shape index (κ1) is 41.0. The van der Waals surface area contributed by atoms with Crippen molar-refractivity contribution in [3.63, 3.8) is 0 Å². The predicted molar refractivity (Wildman–Crippen MR) is 225 cm³/mol. The van der Waals surface area contributed by atoms with Gasteiger partial charge in [-0.05, 0) is 122 Å². The number of nitrogens with zero attached hydrogens (tertiary/aromatic N) is 5. The highest BCUT2D eigenvalue weighted by Gasteiger charge is 2.45. The lowest BCUT2D eigenvalue weighted by Gasteiger charge is -2.50. The number of para-hydroxylation sites is 1. The van der Waals surface area contributed by atoms with Gasteiger partial charge in [0.05, 0.1) is 6.04 Å². The molecule has 7 atom stereocenters. The van der Waals surface area contributed by atoms with Crippen LogP contribution in [0.25, 0.3) is 10.9 Å². The van der Waals surface area contributed by atoms with Crippen LogP contribution in [0.2, 0.25) is 0 Å². The highest BCUT2D eigenvalue weighted by molar-refractivity contribution is 5.90. The van der Waals surface area contributed by atoms with Crippen molar-refractivity contribution in [1.29, 1.82) is 0 Å². The molecular weight excluding hydrogens is 731 g/mol. The molecule has 2 fully saturated rings. The Balaban J connectivity index is 1.16. The van der Waals surface area contributed by atoms with Crippen LogP contribution in [0.3, 0.4) is 0 Å². The topological polar surface area (TPSA) is 192 Å². The maximum Gasteiger partial charge on any atom is 0.249 e. The first-order valence-electron chi connectivity index (χ1n) is 21.1. The zero-order valence-corrected chi connectivity index (χ0v) is 34.7. The zero-order valence-electron chi connectivity index (χ0n) is 34.7. The average molecular weight is 792 g/mol. The molecular formula is C45H61N9O4. The Labute approximate surface area is 341 Å². The number of anilines is 1. The predicted octanol–water partition coefficient (Wildman–Crippen LogP) is 6.38. The summed E-state index contributed by atoms with van der Waals surface area (Å²) in [6.07, 6.45) is 15.1. The van der Waals surface area contributed by atoms with Gasteiger partial charge in [-0.3, -0.25) is 9.59 Å². The molecule has 58 heavy (non-hydrogen) atoms. The summed E-state index contributed by atoms with van der Waals surface area (Å²) in [5.74, 6) is 2.85. The quantitative estimate of drug-likeness (QED) is 0.0754. The Kier molecular flexibility index (Phi) is 12.3. The molecule has 2 bridgehead atoms. The molecule has 0 radical (unpaired) electrons. The lowest BCUT2D eigenvalue weighted by molar-refractivity contribution is -0.130. The summed E-state index contributed by atoms with van der Waals surface area (Å²) >= 11 is 0. The maximum atomic E-state index is 14.7. The number of phenols is 1. The van der Waals surface area contributed by atoms with E-state index in [0.29, 0.717) is 55.3 Å². The number of amides is 2. The summed E-state index contributed by atoms with van der Waals surface area (Å²) in [6.45, 7) is 9.03. The minimum absolute atomic E-state index is 0.142.